The molecule has 0 heterocycles. The van der Waals surface area contributed by atoms with E-state index >= 15 is 0 Å². The molecule has 1 aliphatic carbocycles. The maximum atomic E-state index is 12.0. The van der Waals surface area contributed by atoms with Crippen molar-refractivity contribution in [1.29, 1.82) is 0 Å². The van der Waals surface area contributed by atoms with Gasteiger partial charge in [0.15, 0.2) is 18.1 Å². The molecule has 1 aromatic carbocycles. The number of hydrogen-bond donors (Lipinski definition) is 2. The summed E-state index contributed by atoms with van der Waals surface area (Å²) in [6.07, 6.45) is 3.90. The molecule has 0 radical (unpaired) electrons. The highest BCUT2D eigenvalue weighted by molar-refractivity contribution is 9.10. The maximum Gasteiger partial charge on any atom is 0.321 e. The number of ether oxygens (including phenoxy) is 3. The van der Waals surface area contributed by atoms with Crippen LogP contribution >= 0.6 is 15.9 Å². The van der Waals surface area contributed by atoms with Gasteiger partial charge in [0, 0.05) is 10.5 Å². The number of esters is 1. The van der Waals surface area contributed by atoms with Crippen LogP contribution in [0.25, 0.3) is 0 Å². The van der Waals surface area contributed by atoms with Crippen LogP contribution in [-0.4, -0.2) is 44.8 Å². The Hall–Kier alpha value is -2.29. The van der Waals surface area contributed by atoms with Gasteiger partial charge in [-0.3, -0.25) is 14.9 Å². The third-order valence-electron chi connectivity index (χ3n) is 4.19. The van der Waals surface area contributed by atoms with Gasteiger partial charge in [-0.15, -0.1) is 0 Å². The second kappa shape index (κ2) is 10.1. The zero-order chi connectivity index (χ0) is 19.8. The molecule has 0 bridgehead atoms. The molecular formula is C18H23BrN2O6. The van der Waals surface area contributed by atoms with Crippen LogP contribution in [0.5, 0.6) is 11.5 Å². The van der Waals surface area contributed by atoms with E-state index in [0.717, 1.165) is 25.7 Å². The molecule has 9 heteroatoms. The zero-order valence-corrected chi connectivity index (χ0v) is 16.9. The minimum Gasteiger partial charge on any atom is -0.493 e. The van der Waals surface area contributed by atoms with Crippen LogP contribution in [0.3, 0.4) is 0 Å². The summed E-state index contributed by atoms with van der Waals surface area (Å²) in [6.45, 7) is -0.526. The third-order valence-corrected chi connectivity index (χ3v) is 4.93. The summed E-state index contributed by atoms with van der Waals surface area (Å²) in [7, 11) is 3.01. The number of rotatable bonds is 7. The number of hydrogen-bond acceptors (Lipinski definition) is 6. The quantitative estimate of drug-likeness (QED) is 0.628. The lowest BCUT2D eigenvalue weighted by molar-refractivity contribution is -0.147. The van der Waals surface area contributed by atoms with Gasteiger partial charge < -0.3 is 19.5 Å². The molecule has 2 N–H and O–H groups in total. The SMILES string of the molecule is COc1cc(Br)c(CC(=O)OCC(=O)NC(=O)NC2CCCC2)cc1OC. The van der Waals surface area contributed by atoms with Gasteiger partial charge in [0.25, 0.3) is 5.91 Å². The van der Waals surface area contributed by atoms with Crippen LogP contribution in [0.15, 0.2) is 16.6 Å². The number of amides is 3. The van der Waals surface area contributed by atoms with Gasteiger partial charge in [-0.25, -0.2) is 4.79 Å². The molecule has 0 saturated heterocycles. The molecule has 3 amide bonds. The zero-order valence-electron chi connectivity index (χ0n) is 15.3. The number of imide groups is 1. The van der Waals surface area contributed by atoms with E-state index in [4.69, 9.17) is 14.2 Å². The van der Waals surface area contributed by atoms with Crippen molar-refractivity contribution < 1.29 is 28.6 Å². The second-order valence-corrected chi connectivity index (χ2v) is 6.99. The van der Waals surface area contributed by atoms with Crippen LogP contribution in [0.2, 0.25) is 0 Å². The molecule has 0 aromatic heterocycles. The highest BCUT2D eigenvalue weighted by atomic mass is 79.9. The average Bonchev–Trinajstić information content (AvgIpc) is 3.14. The molecule has 148 valence electrons. The number of urea groups is 1. The second-order valence-electron chi connectivity index (χ2n) is 6.14. The number of carbonyl (C=O) groups excluding carboxylic acids is 3. The first-order valence-corrected chi connectivity index (χ1v) is 9.38. The number of carbonyl (C=O) groups is 3. The van der Waals surface area contributed by atoms with Crippen molar-refractivity contribution >= 4 is 33.8 Å². The number of benzene rings is 1. The molecule has 1 fully saturated rings. The van der Waals surface area contributed by atoms with Gasteiger partial charge >= 0.3 is 12.0 Å². The number of nitrogens with one attached hydrogen (secondary N) is 2. The Kier molecular flexibility index (Phi) is 7.90. The van der Waals surface area contributed by atoms with Crippen molar-refractivity contribution in [2.24, 2.45) is 0 Å². The molecule has 0 aliphatic heterocycles. The van der Waals surface area contributed by atoms with Crippen LogP contribution < -0.4 is 20.1 Å². The third kappa shape index (κ3) is 6.42. The van der Waals surface area contributed by atoms with E-state index in [1.54, 1.807) is 12.1 Å². The molecule has 2 rings (SSSR count). The van der Waals surface area contributed by atoms with E-state index in [1.165, 1.54) is 14.2 Å². The Labute approximate surface area is 166 Å². The van der Waals surface area contributed by atoms with Crippen molar-refractivity contribution in [3.05, 3.63) is 22.2 Å². The molecule has 0 spiro atoms. The summed E-state index contributed by atoms with van der Waals surface area (Å²) in [4.78, 5) is 35.4. The van der Waals surface area contributed by atoms with E-state index in [0.29, 0.717) is 21.5 Å². The molecule has 0 unspecified atom stereocenters. The van der Waals surface area contributed by atoms with Crippen molar-refractivity contribution in [3.8, 4) is 11.5 Å². The van der Waals surface area contributed by atoms with Gasteiger partial charge in [-0.1, -0.05) is 28.8 Å². The van der Waals surface area contributed by atoms with Gasteiger partial charge in [0.05, 0.1) is 20.6 Å². The normalized spacial score (nSPS) is 13.7. The van der Waals surface area contributed by atoms with E-state index in [-0.39, 0.29) is 12.5 Å². The van der Waals surface area contributed by atoms with Crippen LogP contribution in [0, 0.1) is 0 Å². The van der Waals surface area contributed by atoms with E-state index in [9.17, 15) is 14.4 Å². The predicted octanol–water partition coefficient (Wildman–Crippen LogP) is 2.32. The van der Waals surface area contributed by atoms with Crippen LogP contribution in [0.4, 0.5) is 4.79 Å². The molecule has 8 nitrogen and oxygen atoms in total. The minimum atomic E-state index is -0.676. The molecule has 1 aromatic rings. The summed E-state index contributed by atoms with van der Waals surface area (Å²) in [5.74, 6) is -0.279. The highest BCUT2D eigenvalue weighted by Crippen LogP contribution is 2.33. The fourth-order valence-electron chi connectivity index (χ4n) is 2.84. The Morgan fingerprint density at radius 3 is 2.37 bits per heavy atom. The van der Waals surface area contributed by atoms with Crippen molar-refractivity contribution in [3.63, 3.8) is 0 Å². The summed E-state index contributed by atoms with van der Waals surface area (Å²) in [5, 5.41) is 4.88. The summed E-state index contributed by atoms with van der Waals surface area (Å²) >= 11 is 3.36. The Morgan fingerprint density at radius 2 is 1.74 bits per heavy atom. The Morgan fingerprint density at radius 1 is 1.11 bits per heavy atom. The number of halogens is 1. The Bertz CT molecular complexity index is 703. The van der Waals surface area contributed by atoms with Crippen molar-refractivity contribution in [2.75, 3.05) is 20.8 Å². The fourth-order valence-corrected chi connectivity index (χ4v) is 3.30. The maximum absolute atomic E-state index is 12.0. The highest BCUT2D eigenvalue weighted by Gasteiger charge is 2.19. The molecule has 27 heavy (non-hydrogen) atoms. The lowest BCUT2D eigenvalue weighted by Gasteiger charge is -2.13. The predicted molar refractivity (Wildman–Crippen MR) is 101 cm³/mol. The van der Waals surface area contributed by atoms with Gasteiger partial charge in [0.1, 0.15) is 0 Å². The van der Waals surface area contributed by atoms with Gasteiger partial charge in [-0.05, 0) is 30.5 Å². The largest absolute Gasteiger partial charge is 0.493 e. The first kappa shape index (κ1) is 21.0. The van der Waals surface area contributed by atoms with Crippen molar-refractivity contribution in [1.82, 2.24) is 10.6 Å². The topological polar surface area (TPSA) is 103 Å². The molecule has 0 atom stereocenters. The summed E-state index contributed by atoms with van der Waals surface area (Å²) < 4.78 is 16.0. The van der Waals surface area contributed by atoms with E-state index < -0.39 is 24.5 Å². The minimum absolute atomic E-state index is 0.0670. The van der Waals surface area contributed by atoms with E-state index in [1.807, 2.05) is 0 Å². The lowest BCUT2D eigenvalue weighted by atomic mass is 10.1. The van der Waals surface area contributed by atoms with Gasteiger partial charge in [0.2, 0.25) is 0 Å². The lowest BCUT2D eigenvalue weighted by Crippen LogP contribution is -2.45. The molecule has 1 saturated carbocycles. The molecular weight excluding hydrogens is 420 g/mol. The average molecular weight is 443 g/mol. The number of methoxy groups -OCH3 is 2. The first-order chi connectivity index (χ1) is 12.9. The van der Waals surface area contributed by atoms with Crippen LogP contribution in [0.1, 0.15) is 31.2 Å². The standard InChI is InChI=1S/C18H23BrN2O6/c1-25-14-7-11(13(19)9-15(14)26-2)8-17(23)27-10-16(22)21-18(24)20-12-5-3-4-6-12/h7,9,12H,3-6,8,10H2,1-2H3,(H2,20,21,22,24). The Balaban J connectivity index is 1.80. The smallest absolute Gasteiger partial charge is 0.321 e. The van der Waals surface area contributed by atoms with E-state index in [2.05, 4.69) is 26.6 Å². The van der Waals surface area contributed by atoms with Gasteiger partial charge in [-0.2, -0.15) is 0 Å². The van der Waals surface area contributed by atoms with Crippen LogP contribution in [-0.2, 0) is 20.7 Å². The summed E-state index contributed by atoms with van der Waals surface area (Å²) in [6, 6.07) is 2.87. The van der Waals surface area contributed by atoms with Crippen molar-refractivity contribution in [2.45, 2.75) is 38.1 Å². The fraction of sp³-hybridized carbons (Fsp3) is 0.500. The summed E-state index contributed by atoms with van der Waals surface area (Å²) in [5.41, 5.74) is 0.622. The molecule has 1 aliphatic rings. The monoisotopic (exact) mass is 442 g/mol. The first-order valence-electron chi connectivity index (χ1n) is 8.59.